The second-order valence-electron chi connectivity index (χ2n) is 9.54. The van der Waals surface area contributed by atoms with Crippen LogP contribution in [-0.2, 0) is 22.7 Å². The Morgan fingerprint density at radius 3 is 2.80 bits per heavy atom. The molecule has 41 heavy (non-hydrogen) atoms. The first kappa shape index (κ1) is 28.9. The molecule has 2 amide bonds. The lowest BCUT2D eigenvalue weighted by Crippen LogP contribution is -2.34. The molecule has 0 aliphatic rings. The van der Waals surface area contributed by atoms with Crippen LogP contribution in [0.2, 0.25) is 0 Å². The van der Waals surface area contributed by atoms with E-state index >= 15 is 0 Å². The normalized spacial score (nSPS) is 11.1. The molecule has 14 nitrogen and oxygen atoms in total. The molecule has 4 N–H and O–H groups in total. The number of aromatic nitrogens is 6. The highest BCUT2D eigenvalue weighted by atomic mass is 19.1. The van der Waals surface area contributed by atoms with Crippen molar-refractivity contribution in [3.05, 3.63) is 68.5 Å². The molecule has 216 valence electrons. The zero-order valence-corrected chi connectivity index (χ0v) is 22.7. The summed E-state index contributed by atoms with van der Waals surface area (Å²) in [7, 11) is 0. The van der Waals surface area contributed by atoms with Gasteiger partial charge in [0.2, 0.25) is 17.7 Å². The van der Waals surface area contributed by atoms with E-state index in [4.69, 9.17) is 0 Å². The number of rotatable bonds is 12. The number of hydrogen-bond acceptors (Lipinski definition) is 9. The van der Waals surface area contributed by atoms with E-state index in [9.17, 15) is 28.7 Å². The lowest BCUT2D eigenvalue weighted by atomic mass is 10.2. The molecule has 0 aliphatic heterocycles. The fourth-order valence-corrected chi connectivity index (χ4v) is 4.17. The fraction of sp³-hybridized carbons (Fsp3) is 0.346. The Balaban J connectivity index is 1.38. The number of anilines is 1. The standard InChI is InChI=1S/C26H30FN9O5/c1-15(2)34(14-37)8-9-35-16(3)23(40)20(38)10-18(35)11-29-22(39)6-7-28-25-19(27)12-30-24(31-25)17-4-5-21-32-33-26(41)36(21)13-17/h4-5,10,12-15,40H,6-9,11H2,1-3H3,(H,29,39)(H,33,41)(H,28,30,31). The van der Waals surface area contributed by atoms with Crippen LogP contribution in [0.15, 0.2) is 40.2 Å². The predicted molar refractivity (Wildman–Crippen MR) is 147 cm³/mol. The summed E-state index contributed by atoms with van der Waals surface area (Å²) in [5.41, 5.74) is 0.634. The number of fused-ring (bicyclic) bond motifs is 1. The summed E-state index contributed by atoms with van der Waals surface area (Å²) >= 11 is 0. The second-order valence-corrected chi connectivity index (χ2v) is 9.54. The van der Waals surface area contributed by atoms with E-state index in [0.717, 1.165) is 12.6 Å². The molecule has 4 rings (SSSR count). The molecule has 4 aromatic rings. The predicted octanol–water partition coefficient (Wildman–Crippen LogP) is 0.780. The number of carbonyl (C=O) groups excluding carboxylic acids is 2. The van der Waals surface area contributed by atoms with Gasteiger partial charge in [0.05, 0.1) is 18.4 Å². The van der Waals surface area contributed by atoms with Gasteiger partial charge in [-0.1, -0.05) is 0 Å². The van der Waals surface area contributed by atoms with E-state index < -0.39 is 22.7 Å². The Morgan fingerprint density at radius 1 is 1.29 bits per heavy atom. The SMILES string of the molecule is Cc1c(O)c(=O)cc(CNC(=O)CCNc2nc(-c3ccc4n[nH]c(=O)n4c3)ncc2F)n1CCN(C=O)C(C)C. The molecule has 0 bridgehead atoms. The number of H-pyrrole nitrogens is 1. The first-order chi connectivity index (χ1) is 19.6. The summed E-state index contributed by atoms with van der Waals surface area (Å²) in [6.07, 6.45) is 3.17. The van der Waals surface area contributed by atoms with Gasteiger partial charge >= 0.3 is 5.69 Å². The number of amides is 2. The summed E-state index contributed by atoms with van der Waals surface area (Å²) < 4.78 is 17.3. The lowest BCUT2D eigenvalue weighted by Gasteiger charge is -2.25. The molecule has 0 spiro atoms. The Labute approximate surface area is 232 Å². The van der Waals surface area contributed by atoms with Gasteiger partial charge in [0.25, 0.3) is 0 Å². The highest BCUT2D eigenvalue weighted by molar-refractivity contribution is 5.76. The Bertz CT molecular complexity index is 1700. The summed E-state index contributed by atoms with van der Waals surface area (Å²) in [6, 6.07) is 4.45. The highest BCUT2D eigenvalue weighted by Gasteiger charge is 2.15. The van der Waals surface area contributed by atoms with Gasteiger partial charge in [0.15, 0.2) is 28.9 Å². The van der Waals surface area contributed by atoms with Crippen LogP contribution in [-0.4, -0.2) is 70.6 Å². The van der Waals surface area contributed by atoms with E-state index in [1.165, 1.54) is 16.7 Å². The number of aromatic amines is 1. The van der Waals surface area contributed by atoms with E-state index in [2.05, 4.69) is 30.8 Å². The van der Waals surface area contributed by atoms with Gasteiger partial charge in [-0.3, -0.25) is 14.4 Å². The van der Waals surface area contributed by atoms with Crippen LogP contribution in [0.5, 0.6) is 5.75 Å². The fourth-order valence-electron chi connectivity index (χ4n) is 4.17. The Kier molecular flexibility index (Phi) is 8.75. The van der Waals surface area contributed by atoms with Crippen molar-refractivity contribution in [2.24, 2.45) is 0 Å². The van der Waals surface area contributed by atoms with Crippen LogP contribution in [0.1, 0.15) is 31.7 Å². The third-order valence-electron chi connectivity index (χ3n) is 6.53. The van der Waals surface area contributed by atoms with Crippen LogP contribution in [0, 0.1) is 12.7 Å². The molecule has 15 heteroatoms. The quantitative estimate of drug-likeness (QED) is 0.180. The molecule has 0 atom stereocenters. The van der Waals surface area contributed by atoms with Crippen molar-refractivity contribution in [1.82, 2.24) is 39.3 Å². The molecule has 0 saturated heterocycles. The molecular formula is C26H30FN9O5. The van der Waals surface area contributed by atoms with Crippen molar-refractivity contribution < 1.29 is 19.1 Å². The van der Waals surface area contributed by atoms with Crippen molar-refractivity contribution in [3.63, 3.8) is 0 Å². The molecule has 4 heterocycles. The molecule has 4 aromatic heterocycles. The van der Waals surface area contributed by atoms with Crippen LogP contribution in [0.25, 0.3) is 17.0 Å². The highest BCUT2D eigenvalue weighted by Crippen LogP contribution is 2.19. The number of pyridine rings is 2. The van der Waals surface area contributed by atoms with Crippen LogP contribution < -0.4 is 21.8 Å². The lowest BCUT2D eigenvalue weighted by molar-refractivity contribution is -0.121. The van der Waals surface area contributed by atoms with E-state index in [1.54, 1.807) is 28.5 Å². The van der Waals surface area contributed by atoms with Crippen molar-refractivity contribution in [1.29, 1.82) is 0 Å². The van der Waals surface area contributed by atoms with Gasteiger partial charge in [-0.05, 0) is 32.9 Å². The molecule has 0 aromatic carbocycles. The average Bonchev–Trinajstić information content (AvgIpc) is 3.32. The maximum Gasteiger partial charge on any atom is 0.347 e. The molecule has 0 fully saturated rings. The minimum Gasteiger partial charge on any atom is -0.503 e. The first-order valence-electron chi connectivity index (χ1n) is 12.8. The number of halogens is 1. The van der Waals surface area contributed by atoms with Crippen molar-refractivity contribution in [2.75, 3.05) is 18.4 Å². The van der Waals surface area contributed by atoms with Crippen LogP contribution >= 0.6 is 0 Å². The van der Waals surface area contributed by atoms with Gasteiger partial charge < -0.3 is 25.2 Å². The number of nitrogens with zero attached hydrogens (tertiary/aromatic N) is 6. The number of carbonyl (C=O) groups is 2. The van der Waals surface area contributed by atoms with Crippen molar-refractivity contribution >= 4 is 23.8 Å². The average molecular weight is 568 g/mol. The number of nitrogens with one attached hydrogen (secondary N) is 3. The third kappa shape index (κ3) is 6.57. The maximum atomic E-state index is 14.4. The monoisotopic (exact) mass is 567 g/mol. The van der Waals surface area contributed by atoms with Crippen molar-refractivity contribution in [3.8, 4) is 17.1 Å². The van der Waals surface area contributed by atoms with E-state index in [1.807, 2.05) is 13.8 Å². The smallest absolute Gasteiger partial charge is 0.347 e. The topological polar surface area (TPSA) is 180 Å². The van der Waals surface area contributed by atoms with Crippen molar-refractivity contribution in [2.45, 2.75) is 46.3 Å². The van der Waals surface area contributed by atoms with E-state index in [-0.39, 0.29) is 43.1 Å². The summed E-state index contributed by atoms with van der Waals surface area (Å²) in [5, 5.41) is 21.8. The molecular weight excluding hydrogens is 537 g/mol. The molecule has 0 unspecified atom stereocenters. The van der Waals surface area contributed by atoms with Gasteiger partial charge in [-0.15, -0.1) is 0 Å². The van der Waals surface area contributed by atoms with Gasteiger partial charge in [-0.25, -0.2) is 28.7 Å². The zero-order chi connectivity index (χ0) is 29.7. The largest absolute Gasteiger partial charge is 0.503 e. The Morgan fingerprint density at radius 2 is 2.07 bits per heavy atom. The molecule has 0 radical (unpaired) electrons. The first-order valence-corrected chi connectivity index (χ1v) is 12.8. The van der Waals surface area contributed by atoms with E-state index in [0.29, 0.717) is 35.7 Å². The maximum absolute atomic E-state index is 14.4. The van der Waals surface area contributed by atoms with Crippen LogP contribution in [0.4, 0.5) is 10.2 Å². The van der Waals surface area contributed by atoms with Crippen LogP contribution in [0.3, 0.4) is 0 Å². The summed E-state index contributed by atoms with van der Waals surface area (Å²) in [4.78, 5) is 57.7. The number of hydrogen-bond donors (Lipinski definition) is 4. The second kappa shape index (κ2) is 12.4. The van der Waals surface area contributed by atoms with Gasteiger partial charge in [-0.2, -0.15) is 5.10 Å². The zero-order valence-electron chi connectivity index (χ0n) is 22.7. The third-order valence-corrected chi connectivity index (χ3v) is 6.53. The minimum absolute atomic E-state index is 0.000163. The minimum atomic E-state index is -0.718. The van der Waals surface area contributed by atoms with Gasteiger partial charge in [0, 0.05) is 55.6 Å². The summed E-state index contributed by atoms with van der Waals surface area (Å²) in [5.74, 6) is -1.44. The van der Waals surface area contributed by atoms with Gasteiger partial charge in [0.1, 0.15) is 0 Å². The number of aromatic hydroxyl groups is 1. The molecule has 0 saturated carbocycles. The molecule has 0 aliphatic carbocycles. The summed E-state index contributed by atoms with van der Waals surface area (Å²) in [6.45, 7) is 6.02. The Hall–Kier alpha value is -5.08.